The Morgan fingerprint density at radius 1 is 1.10 bits per heavy atom. The lowest BCUT2D eigenvalue weighted by atomic mass is 10.1. The summed E-state index contributed by atoms with van der Waals surface area (Å²) in [5.74, 6) is 2.39. The highest BCUT2D eigenvalue weighted by atomic mass is 16.5. The van der Waals surface area contributed by atoms with Crippen LogP contribution in [-0.2, 0) is 0 Å². The van der Waals surface area contributed by atoms with Crippen molar-refractivity contribution in [1.29, 1.82) is 0 Å². The second kappa shape index (κ2) is 9.00. The van der Waals surface area contributed by atoms with Crippen LogP contribution in [0.5, 0.6) is 5.88 Å². The van der Waals surface area contributed by atoms with Crippen LogP contribution < -0.4 is 9.64 Å². The summed E-state index contributed by atoms with van der Waals surface area (Å²) in [6, 6.07) is 6.12. The molecule has 4 rings (SSSR count). The molecule has 0 saturated carbocycles. The molecular weight excluding hydrogens is 376 g/mol. The molecular formula is C23H32N6O. The van der Waals surface area contributed by atoms with Gasteiger partial charge in [-0.1, -0.05) is 20.3 Å². The van der Waals surface area contributed by atoms with Crippen molar-refractivity contribution in [2.45, 2.75) is 40.2 Å². The number of aromatic nitrogens is 4. The highest BCUT2D eigenvalue weighted by Crippen LogP contribution is 2.30. The monoisotopic (exact) mass is 408 g/mol. The number of nitrogens with one attached hydrogen (secondary N) is 1. The Hall–Kier alpha value is -2.67. The van der Waals surface area contributed by atoms with E-state index in [-0.39, 0.29) is 6.10 Å². The highest BCUT2D eigenvalue weighted by Gasteiger charge is 2.20. The first-order chi connectivity index (χ1) is 14.5. The summed E-state index contributed by atoms with van der Waals surface area (Å²) in [6.07, 6.45) is 4.98. The molecule has 7 heteroatoms. The molecule has 1 aliphatic heterocycles. The largest absolute Gasteiger partial charge is 0.475 e. The predicted molar refractivity (Wildman–Crippen MR) is 121 cm³/mol. The Morgan fingerprint density at radius 3 is 2.63 bits per heavy atom. The molecule has 0 aliphatic carbocycles. The summed E-state index contributed by atoms with van der Waals surface area (Å²) >= 11 is 0. The number of anilines is 1. The van der Waals surface area contributed by atoms with Crippen molar-refractivity contribution in [3.8, 4) is 17.1 Å². The first-order valence-corrected chi connectivity index (χ1v) is 11.0. The third kappa shape index (κ3) is 4.56. The van der Waals surface area contributed by atoms with Gasteiger partial charge in [0.05, 0.1) is 17.8 Å². The van der Waals surface area contributed by atoms with Gasteiger partial charge in [-0.2, -0.15) is 5.10 Å². The van der Waals surface area contributed by atoms with Gasteiger partial charge in [-0.15, -0.1) is 0 Å². The number of nitrogens with zero attached hydrogens (tertiary/aromatic N) is 5. The van der Waals surface area contributed by atoms with Crippen LogP contribution in [0.1, 0.15) is 34.1 Å². The number of fused-ring (bicyclic) bond motifs is 1. The van der Waals surface area contributed by atoms with Crippen molar-refractivity contribution in [3.05, 3.63) is 30.6 Å². The summed E-state index contributed by atoms with van der Waals surface area (Å²) in [5.41, 5.74) is 2.85. The molecule has 0 amide bonds. The van der Waals surface area contributed by atoms with Crippen LogP contribution in [0.25, 0.3) is 22.2 Å². The van der Waals surface area contributed by atoms with Crippen LogP contribution in [0.4, 0.5) is 5.82 Å². The molecule has 1 fully saturated rings. The van der Waals surface area contributed by atoms with Crippen LogP contribution in [0.3, 0.4) is 0 Å². The van der Waals surface area contributed by atoms with E-state index in [1.807, 2.05) is 32.2 Å². The fraction of sp³-hybridized carbons (Fsp3) is 0.522. The Labute approximate surface area is 178 Å². The molecule has 1 unspecified atom stereocenters. The minimum atomic E-state index is 0.0804. The molecule has 1 aliphatic rings. The van der Waals surface area contributed by atoms with Gasteiger partial charge >= 0.3 is 0 Å². The fourth-order valence-electron chi connectivity index (χ4n) is 3.89. The van der Waals surface area contributed by atoms with Gasteiger partial charge in [-0.3, -0.25) is 10.00 Å². The maximum atomic E-state index is 5.77. The van der Waals surface area contributed by atoms with Gasteiger partial charge in [0.2, 0.25) is 5.88 Å². The van der Waals surface area contributed by atoms with Crippen LogP contribution in [0.15, 0.2) is 30.6 Å². The topological polar surface area (TPSA) is 70.2 Å². The Balaban J connectivity index is 1.53. The van der Waals surface area contributed by atoms with E-state index in [1.165, 1.54) is 13.0 Å². The number of hydrogen-bond donors (Lipinski definition) is 1. The standard InChI is InChI=1S/C23H32N6O/c1-5-17(4)15-28-8-10-29(11-9-28)21-12-18(6-7-24-21)23-19-13-22(30-16(2)3)25-14-20(19)26-27-23/h6-7,12-14,16-17H,5,8-11,15H2,1-4H3,(H,26,27). The van der Waals surface area contributed by atoms with Crippen molar-refractivity contribution in [2.75, 3.05) is 37.6 Å². The van der Waals surface area contributed by atoms with Gasteiger partial charge in [0.15, 0.2) is 0 Å². The zero-order valence-electron chi connectivity index (χ0n) is 18.4. The van der Waals surface area contributed by atoms with Crippen LogP contribution in [0, 0.1) is 5.92 Å². The molecule has 3 aromatic rings. The van der Waals surface area contributed by atoms with Crippen molar-refractivity contribution in [1.82, 2.24) is 25.1 Å². The maximum absolute atomic E-state index is 5.77. The van der Waals surface area contributed by atoms with Gasteiger partial charge in [-0.25, -0.2) is 9.97 Å². The van der Waals surface area contributed by atoms with Crippen molar-refractivity contribution >= 4 is 16.7 Å². The number of rotatable bonds is 7. The van der Waals surface area contributed by atoms with E-state index in [2.05, 4.69) is 49.9 Å². The molecule has 4 heterocycles. The number of piperazine rings is 1. The summed E-state index contributed by atoms with van der Waals surface area (Å²) in [4.78, 5) is 13.9. The van der Waals surface area contributed by atoms with E-state index in [1.54, 1.807) is 6.20 Å². The van der Waals surface area contributed by atoms with E-state index < -0.39 is 0 Å². The summed E-state index contributed by atoms with van der Waals surface area (Å²) in [6.45, 7) is 14.0. The molecule has 160 valence electrons. The predicted octanol–water partition coefficient (Wildman–Crippen LogP) is 3.98. The van der Waals surface area contributed by atoms with Crippen molar-refractivity contribution in [2.24, 2.45) is 5.92 Å². The minimum Gasteiger partial charge on any atom is -0.475 e. The Morgan fingerprint density at radius 2 is 1.90 bits per heavy atom. The summed E-state index contributed by atoms with van der Waals surface area (Å²) in [7, 11) is 0. The molecule has 0 aromatic carbocycles. The molecule has 30 heavy (non-hydrogen) atoms. The van der Waals surface area contributed by atoms with Crippen LogP contribution in [-0.4, -0.2) is 63.9 Å². The smallest absolute Gasteiger partial charge is 0.214 e. The molecule has 1 saturated heterocycles. The van der Waals surface area contributed by atoms with E-state index in [4.69, 9.17) is 4.74 Å². The second-order valence-corrected chi connectivity index (χ2v) is 8.51. The van der Waals surface area contributed by atoms with E-state index in [9.17, 15) is 0 Å². The first-order valence-electron chi connectivity index (χ1n) is 11.0. The normalized spacial score (nSPS) is 16.4. The molecule has 0 radical (unpaired) electrons. The quantitative estimate of drug-likeness (QED) is 0.638. The minimum absolute atomic E-state index is 0.0804. The average molecular weight is 409 g/mol. The Bertz CT molecular complexity index is 977. The highest BCUT2D eigenvalue weighted by molar-refractivity contribution is 5.93. The number of ether oxygens (including phenoxy) is 1. The average Bonchev–Trinajstić information content (AvgIpc) is 3.17. The fourth-order valence-corrected chi connectivity index (χ4v) is 3.89. The molecule has 3 aromatic heterocycles. The molecule has 1 N–H and O–H groups in total. The van der Waals surface area contributed by atoms with E-state index in [0.717, 1.165) is 60.1 Å². The first kappa shape index (κ1) is 20.6. The molecule has 0 spiro atoms. The van der Waals surface area contributed by atoms with E-state index >= 15 is 0 Å². The van der Waals surface area contributed by atoms with Crippen LogP contribution >= 0.6 is 0 Å². The molecule has 0 bridgehead atoms. The third-order valence-electron chi connectivity index (χ3n) is 5.76. The van der Waals surface area contributed by atoms with Gasteiger partial charge in [0.25, 0.3) is 0 Å². The zero-order valence-corrected chi connectivity index (χ0v) is 18.4. The molecule has 1 atom stereocenters. The third-order valence-corrected chi connectivity index (χ3v) is 5.76. The Kier molecular flexibility index (Phi) is 6.18. The maximum Gasteiger partial charge on any atom is 0.214 e. The number of H-pyrrole nitrogens is 1. The van der Waals surface area contributed by atoms with Crippen molar-refractivity contribution in [3.63, 3.8) is 0 Å². The van der Waals surface area contributed by atoms with E-state index in [0.29, 0.717) is 5.88 Å². The van der Waals surface area contributed by atoms with Crippen molar-refractivity contribution < 1.29 is 4.74 Å². The second-order valence-electron chi connectivity index (χ2n) is 8.51. The molecule has 7 nitrogen and oxygen atoms in total. The summed E-state index contributed by atoms with van der Waals surface area (Å²) in [5, 5.41) is 8.65. The lowest BCUT2D eigenvalue weighted by molar-refractivity contribution is 0.222. The lowest BCUT2D eigenvalue weighted by Gasteiger charge is -2.36. The number of hydrogen-bond acceptors (Lipinski definition) is 6. The number of pyridine rings is 2. The number of aromatic amines is 1. The SMILES string of the molecule is CCC(C)CN1CCN(c2cc(-c3n[nH]c4cnc(OC(C)C)cc34)ccn2)CC1. The summed E-state index contributed by atoms with van der Waals surface area (Å²) < 4.78 is 5.77. The lowest BCUT2D eigenvalue weighted by Crippen LogP contribution is -2.47. The van der Waals surface area contributed by atoms with Gasteiger partial charge in [0, 0.05) is 55.9 Å². The zero-order chi connectivity index (χ0) is 21.1. The van der Waals surface area contributed by atoms with Gasteiger partial charge in [-0.05, 0) is 31.9 Å². The van der Waals surface area contributed by atoms with Gasteiger partial charge < -0.3 is 9.64 Å². The van der Waals surface area contributed by atoms with Crippen LogP contribution in [0.2, 0.25) is 0 Å². The van der Waals surface area contributed by atoms with Gasteiger partial charge in [0.1, 0.15) is 11.5 Å².